The van der Waals surface area contributed by atoms with Crippen LogP contribution in [0.2, 0.25) is 0 Å². The summed E-state index contributed by atoms with van der Waals surface area (Å²) in [6, 6.07) is 4.29. The summed E-state index contributed by atoms with van der Waals surface area (Å²) < 4.78 is 2.31. The molecule has 0 aliphatic rings. The monoisotopic (exact) mass is 224 g/mol. The molecule has 0 atom stereocenters. The van der Waals surface area contributed by atoms with Crippen molar-refractivity contribution in [1.29, 1.82) is 0 Å². The normalized spacial score (nSPS) is 10.9. The predicted molar refractivity (Wildman–Crippen MR) is 67.4 cm³/mol. The first kappa shape index (κ1) is 13.3. The fourth-order valence-electron chi connectivity index (χ4n) is 1.82. The van der Waals surface area contributed by atoms with E-state index >= 15 is 0 Å². The third kappa shape index (κ3) is 4.81. The van der Waals surface area contributed by atoms with Crippen molar-refractivity contribution in [3.05, 3.63) is 24.0 Å². The van der Waals surface area contributed by atoms with Crippen molar-refractivity contribution < 1.29 is 5.11 Å². The quantitative estimate of drug-likeness (QED) is 0.631. The maximum Gasteiger partial charge on any atom is 0.0431 e. The summed E-state index contributed by atoms with van der Waals surface area (Å²) >= 11 is 0. The van der Waals surface area contributed by atoms with Crippen molar-refractivity contribution in [2.45, 2.75) is 45.7 Å². The van der Waals surface area contributed by atoms with Gasteiger partial charge in [0.05, 0.1) is 0 Å². The first-order chi connectivity index (χ1) is 7.88. The van der Waals surface area contributed by atoms with Crippen LogP contribution in [0.25, 0.3) is 0 Å². The molecule has 0 saturated heterocycles. The average Bonchev–Trinajstić information content (AvgIpc) is 2.72. The van der Waals surface area contributed by atoms with Gasteiger partial charge < -0.3 is 15.0 Å². The van der Waals surface area contributed by atoms with E-state index in [0.717, 1.165) is 38.9 Å². The molecule has 0 saturated carbocycles. The Labute approximate surface area is 98.5 Å². The Morgan fingerprint density at radius 2 is 2.19 bits per heavy atom. The Hall–Kier alpha value is -0.800. The first-order valence-electron chi connectivity index (χ1n) is 6.34. The Morgan fingerprint density at radius 1 is 1.31 bits per heavy atom. The fraction of sp³-hybridized carbons (Fsp3) is 0.692. The van der Waals surface area contributed by atoms with Gasteiger partial charge in [-0.2, -0.15) is 0 Å². The van der Waals surface area contributed by atoms with Crippen LogP contribution in [0.3, 0.4) is 0 Å². The van der Waals surface area contributed by atoms with Gasteiger partial charge in [0.1, 0.15) is 0 Å². The molecule has 3 nitrogen and oxygen atoms in total. The maximum absolute atomic E-state index is 8.64. The molecular weight excluding hydrogens is 200 g/mol. The largest absolute Gasteiger partial charge is 0.396 e. The van der Waals surface area contributed by atoms with E-state index in [2.05, 4.69) is 35.1 Å². The molecule has 0 aromatic carbocycles. The summed E-state index contributed by atoms with van der Waals surface area (Å²) in [5, 5.41) is 12.1. The van der Waals surface area contributed by atoms with Crippen molar-refractivity contribution >= 4 is 0 Å². The van der Waals surface area contributed by atoms with Gasteiger partial charge in [-0.15, -0.1) is 0 Å². The zero-order valence-electron chi connectivity index (χ0n) is 10.3. The zero-order chi connectivity index (χ0) is 11.6. The number of hydrogen-bond acceptors (Lipinski definition) is 2. The molecule has 92 valence electrons. The molecule has 0 amide bonds. The average molecular weight is 224 g/mol. The lowest BCUT2D eigenvalue weighted by Gasteiger charge is -2.09. The van der Waals surface area contributed by atoms with E-state index in [0.29, 0.717) is 6.61 Å². The topological polar surface area (TPSA) is 37.2 Å². The smallest absolute Gasteiger partial charge is 0.0431 e. The minimum Gasteiger partial charge on any atom is -0.396 e. The van der Waals surface area contributed by atoms with Crippen LogP contribution < -0.4 is 5.32 Å². The van der Waals surface area contributed by atoms with Gasteiger partial charge in [-0.1, -0.05) is 6.92 Å². The second-order valence-corrected chi connectivity index (χ2v) is 4.15. The summed E-state index contributed by atoms with van der Waals surface area (Å²) in [4.78, 5) is 0. The van der Waals surface area contributed by atoms with E-state index in [-0.39, 0.29) is 0 Å². The molecule has 0 fully saturated rings. The van der Waals surface area contributed by atoms with Crippen molar-refractivity contribution in [2.75, 3.05) is 13.2 Å². The number of rotatable bonds is 9. The lowest BCUT2D eigenvalue weighted by atomic mass is 10.2. The summed E-state index contributed by atoms with van der Waals surface area (Å²) in [6.45, 7) is 5.61. The Kier molecular flexibility index (Phi) is 6.93. The van der Waals surface area contributed by atoms with Crippen LogP contribution in [0.15, 0.2) is 18.3 Å². The highest BCUT2D eigenvalue weighted by Gasteiger charge is 1.98. The lowest BCUT2D eigenvalue weighted by Crippen LogP contribution is -2.17. The second-order valence-electron chi connectivity index (χ2n) is 4.15. The molecule has 0 radical (unpaired) electrons. The minimum absolute atomic E-state index is 0.319. The Balaban J connectivity index is 2.13. The Morgan fingerprint density at radius 3 is 2.94 bits per heavy atom. The molecule has 0 bridgehead atoms. The van der Waals surface area contributed by atoms with Crippen LogP contribution in [0.4, 0.5) is 0 Å². The summed E-state index contributed by atoms with van der Waals surface area (Å²) in [7, 11) is 0. The van der Waals surface area contributed by atoms with Gasteiger partial charge in [0, 0.05) is 31.6 Å². The van der Waals surface area contributed by atoms with Crippen LogP contribution in [-0.4, -0.2) is 22.8 Å². The molecule has 1 heterocycles. The second kappa shape index (κ2) is 8.36. The van der Waals surface area contributed by atoms with E-state index < -0.39 is 0 Å². The van der Waals surface area contributed by atoms with Crippen LogP contribution in [0.5, 0.6) is 0 Å². The predicted octanol–water partition coefficient (Wildman–Crippen LogP) is 2.15. The number of nitrogens with one attached hydrogen (secondary N) is 1. The number of aromatic nitrogens is 1. The van der Waals surface area contributed by atoms with Crippen molar-refractivity contribution in [3.8, 4) is 0 Å². The molecule has 2 N–H and O–H groups in total. The van der Waals surface area contributed by atoms with E-state index in [9.17, 15) is 0 Å². The molecule has 1 aromatic heterocycles. The summed E-state index contributed by atoms with van der Waals surface area (Å²) in [5.41, 5.74) is 1.36. The number of aryl methyl sites for hydroxylation is 1. The van der Waals surface area contributed by atoms with Crippen molar-refractivity contribution in [3.63, 3.8) is 0 Å². The third-order valence-electron chi connectivity index (χ3n) is 2.71. The molecule has 3 heteroatoms. The van der Waals surface area contributed by atoms with Gasteiger partial charge in [-0.25, -0.2) is 0 Å². The number of unbranched alkanes of at least 4 members (excludes halogenated alkanes) is 2. The van der Waals surface area contributed by atoms with Crippen molar-refractivity contribution in [2.24, 2.45) is 0 Å². The van der Waals surface area contributed by atoms with Gasteiger partial charge in [-0.05, 0) is 44.4 Å². The number of nitrogens with zero attached hydrogens (tertiary/aromatic N) is 1. The highest BCUT2D eigenvalue weighted by molar-refractivity contribution is 5.06. The molecule has 16 heavy (non-hydrogen) atoms. The number of aliphatic hydroxyl groups is 1. The van der Waals surface area contributed by atoms with E-state index in [1.165, 1.54) is 12.1 Å². The van der Waals surface area contributed by atoms with Crippen molar-refractivity contribution in [1.82, 2.24) is 9.88 Å². The maximum atomic E-state index is 8.64. The summed E-state index contributed by atoms with van der Waals surface area (Å²) in [6.07, 6.45) is 6.51. The Bertz CT molecular complexity index is 271. The fourth-order valence-corrected chi connectivity index (χ4v) is 1.82. The summed E-state index contributed by atoms with van der Waals surface area (Å²) in [5.74, 6) is 0. The lowest BCUT2D eigenvalue weighted by molar-refractivity contribution is 0.283. The molecule has 1 rings (SSSR count). The zero-order valence-corrected chi connectivity index (χ0v) is 10.3. The minimum atomic E-state index is 0.319. The van der Waals surface area contributed by atoms with Crippen LogP contribution in [0, 0.1) is 0 Å². The molecule has 0 aliphatic heterocycles. The van der Waals surface area contributed by atoms with Crippen LogP contribution in [-0.2, 0) is 13.1 Å². The van der Waals surface area contributed by atoms with Crippen LogP contribution in [0.1, 0.15) is 38.3 Å². The molecule has 0 spiro atoms. The molecule has 0 unspecified atom stereocenters. The highest BCUT2D eigenvalue weighted by atomic mass is 16.2. The van der Waals surface area contributed by atoms with Gasteiger partial charge in [-0.3, -0.25) is 0 Å². The first-order valence-corrected chi connectivity index (χ1v) is 6.34. The molecule has 0 aliphatic carbocycles. The van der Waals surface area contributed by atoms with E-state index in [4.69, 9.17) is 5.11 Å². The molecular formula is C13H24N2O. The standard InChI is InChI=1S/C13H24N2O/c1-2-9-15-10-6-7-13(15)12-14-8-4-3-5-11-16/h6-7,10,14,16H,2-5,8-9,11-12H2,1H3. The SMILES string of the molecule is CCCn1cccc1CNCCCCCO. The van der Waals surface area contributed by atoms with Gasteiger partial charge in [0.15, 0.2) is 0 Å². The van der Waals surface area contributed by atoms with Crippen LogP contribution >= 0.6 is 0 Å². The molecule has 1 aromatic rings. The van der Waals surface area contributed by atoms with Gasteiger partial charge in [0.25, 0.3) is 0 Å². The highest BCUT2D eigenvalue weighted by Crippen LogP contribution is 2.03. The van der Waals surface area contributed by atoms with E-state index in [1.807, 2.05) is 0 Å². The van der Waals surface area contributed by atoms with Gasteiger partial charge >= 0.3 is 0 Å². The number of hydrogen-bond donors (Lipinski definition) is 2. The third-order valence-corrected chi connectivity index (χ3v) is 2.71. The number of aliphatic hydroxyl groups excluding tert-OH is 1. The van der Waals surface area contributed by atoms with E-state index in [1.54, 1.807) is 0 Å². The van der Waals surface area contributed by atoms with Gasteiger partial charge in [0.2, 0.25) is 0 Å².